The molecule has 2 amide bonds. The van der Waals surface area contributed by atoms with Gasteiger partial charge in [-0.3, -0.25) is 9.59 Å². The first-order chi connectivity index (χ1) is 8.02. The van der Waals surface area contributed by atoms with Gasteiger partial charge >= 0.3 is 0 Å². The number of hydrogen-bond acceptors (Lipinski definition) is 3. The van der Waals surface area contributed by atoms with Gasteiger partial charge in [0.25, 0.3) is 5.91 Å². The minimum atomic E-state index is -0.167. The summed E-state index contributed by atoms with van der Waals surface area (Å²) < 4.78 is 0. The van der Waals surface area contributed by atoms with Crippen LogP contribution in [0.5, 0.6) is 0 Å². The molecule has 5 nitrogen and oxygen atoms in total. The molecule has 5 heteroatoms. The molecule has 92 valence electrons. The first-order valence-electron chi connectivity index (χ1n) is 5.40. The van der Waals surface area contributed by atoms with E-state index in [0.29, 0.717) is 11.3 Å². The molecular weight excluding hydrogens is 218 g/mol. The van der Waals surface area contributed by atoms with Crippen molar-refractivity contribution in [3.63, 3.8) is 0 Å². The third-order valence-electron chi connectivity index (χ3n) is 2.17. The van der Waals surface area contributed by atoms with E-state index in [-0.39, 0.29) is 24.3 Å². The average molecular weight is 235 g/mol. The van der Waals surface area contributed by atoms with Crippen molar-refractivity contribution in [2.75, 3.05) is 12.4 Å². The van der Waals surface area contributed by atoms with Gasteiger partial charge in [-0.05, 0) is 31.2 Å². The summed E-state index contributed by atoms with van der Waals surface area (Å²) in [6.07, 6.45) is 0.275. The van der Waals surface area contributed by atoms with Crippen molar-refractivity contribution < 1.29 is 9.59 Å². The smallest absolute Gasteiger partial charge is 0.251 e. The maximum absolute atomic E-state index is 11.4. The Morgan fingerprint density at radius 2 is 1.88 bits per heavy atom. The Labute approximate surface area is 100 Å². The third-order valence-corrected chi connectivity index (χ3v) is 2.17. The van der Waals surface area contributed by atoms with Gasteiger partial charge in [0.1, 0.15) is 0 Å². The minimum absolute atomic E-state index is 0.132. The minimum Gasteiger partial charge on any atom is -0.355 e. The van der Waals surface area contributed by atoms with Crippen LogP contribution in [-0.2, 0) is 4.79 Å². The fourth-order valence-corrected chi connectivity index (χ4v) is 1.35. The SMILES string of the molecule is CNC(=O)c1ccc(NC(=O)CC(C)N)cc1. The molecule has 0 aliphatic heterocycles. The second-order valence-corrected chi connectivity index (χ2v) is 3.89. The zero-order chi connectivity index (χ0) is 12.8. The average Bonchev–Trinajstić information content (AvgIpc) is 2.28. The maximum atomic E-state index is 11.4. The predicted octanol–water partition coefficient (Wildman–Crippen LogP) is 0.722. The van der Waals surface area contributed by atoms with Gasteiger partial charge in [0.15, 0.2) is 0 Å². The van der Waals surface area contributed by atoms with Crippen LogP contribution < -0.4 is 16.4 Å². The van der Waals surface area contributed by atoms with E-state index in [1.54, 1.807) is 38.2 Å². The fourth-order valence-electron chi connectivity index (χ4n) is 1.35. The highest BCUT2D eigenvalue weighted by molar-refractivity contribution is 5.95. The van der Waals surface area contributed by atoms with E-state index in [1.807, 2.05) is 0 Å². The lowest BCUT2D eigenvalue weighted by Gasteiger charge is -2.07. The lowest BCUT2D eigenvalue weighted by molar-refractivity contribution is -0.116. The van der Waals surface area contributed by atoms with E-state index in [2.05, 4.69) is 10.6 Å². The quantitative estimate of drug-likeness (QED) is 0.719. The first kappa shape index (κ1) is 13.2. The van der Waals surface area contributed by atoms with Crippen molar-refractivity contribution in [3.8, 4) is 0 Å². The Kier molecular flexibility index (Phi) is 4.66. The van der Waals surface area contributed by atoms with Crippen LogP contribution in [0.2, 0.25) is 0 Å². The molecular formula is C12H17N3O2. The second kappa shape index (κ2) is 6.00. The number of anilines is 1. The van der Waals surface area contributed by atoms with Crippen molar-refractivity contribution in [1.82, 2.24) is 5.32 Å². The van der Waals surface area contributed by atoms with E-state index >= 15 is 0 Å². The molecule has 0 spiro atoms. The van der Waals surface area contributed by atoms with Gasteiger partial charge in [-0.1, -0.05) is 0 Å². The summed E-state index contributed by atoms with van der Waals surface area (Å²) in [5.74, 6) is -0.286. The Bertz CT molecular complexity index is 399. The van der Waals surface area contributed by atoms with Gasteiger partial charge in [-0.2, -0.15) is 0 Å². The normalized spacial score (nSPS) is 11.7. The van der Waals surface area contributed by atoms with Crippen molar-refractivity contribution in [1.29, 1.82) is 0 Å². The predicted molar refractivity (Wildman–Crippen MR) is 66.7 cm³/mol. The molecule has 0 aliphatic carbocycles. The maximum Gasteiger partial charge on any atom is 0.251 e. The van der Waals surface area contributed by atoms with Gasteiger partial charge < -0.3 is 16.4 Å². The number of amides is 2. The van der Waals surface area contributed by atoms with Gasteiger partial charge in [-0.25, -0.2) is 0 Å². The number of carbonyl (C=O) groups is 2. The molecule has 0 saturated heterocycles. The summed E-state index contributed by atoms with van der Waals surface area (Å²) in [7, 11) is 1.57. The summed E-state index contributed by atoms with van der Waals surface area (Å²) in [4.78, 5) is 22.7. The Balaban J connectivity index is 2.62. The molecule has 0 saturated carbocycles. The number of carbonyl (C=O) groups excluding carboxylic acids is 2. The molecule has 17 heavy (non-hydrogen) atoms. The van der Waals surface area contributed by atoms with Crippen LogP contribution in [0.3, 0.4) is 0 Å². The van der Waals surface area contributed by atoms with E-state index in [9.17, 15) is 9.59 Å². The van der Waals surface area contributed by atoms with E-state index in [4.69, 9.17) is 5.73 Å². The molecule has 1 rings (SSSR count). The van der Waals surface area contributed by atoms with Gasteiger partial charge in [0.2, 0.25) is 5.91 Å². The number of nitrogens with one attached hydrogen (secondary N) is 2. The highest BCUT2D eigenvalue weighted by Gasteiger charge is 2.06. The Morgan fingerprint density at radius 1 is 1.29 bits per heavy atom. The number of nitrogens with two attached hydrogens (primary N) is 1. The lowest BCUT2D eigenvalue weighted by atomic mass is 10.2. The van der Waals surface area contributed by atoms with Gasteiger partial charge in [-0.15, -0.1) is 0 Å². The highest BCUT2D eigenvalue weighted by Crippen LogP contribution is 2.10. The number of hydrogen-bond donors (Lipinski definition) is 3. The fraction of sp³-hybridized carbons (Fsp3) is 0.333. The molecule has 0 fully saturated rings. The Morgan fingerprint density at radius 3 is 2.35 bits per heavy atom. The molecule has 0 radical (unpaired) electrons. The van der Waals surface area contributed by atoms with Crippen LogP contribution in [0.4, 0.5) is 5.69 Å². The van der Waals surface area contributed by atoms with E-state index in [0.717, 1.165) is 0 Å². The third kappa shape index (κ3) is 4.24. The topological polar surface area (TPSA) is 84.2 Å². The molecule has 4 N–H and O–H groups in total. The van der Waals surface area contributed by atoms with E-state index in [1.165, 1.54) is 0 Å². The molecule has 0 heterocycles. The molecule has 0 aromatic heterocycles. The van der Waals surface area contributed by atoms with Gasteiger partial charge in [0.05, 0.1) is 0 Å². The van der Waals surface area contributed by atoms with Crippen LogP contribution in [0.15, 0.2) is 24.3 Å². The monoisotopic (exact) mass is 235 g/mol. The van der Waals surface area contributed by atoms with Crippen LogP contribution in [0.1, 0.15) is 23.7 Å². The second-order valence-electron chi connectivity index (χ2n) is 3.89. The largest absolute Gasteiger partial charge is 0.355 e. The summed E-state index contributed by atoms with van der Waals surface area (Å²) in [6.45, 7) is 1.77. The molecule has 1 atom stereocenters. The molecule has 0 aliphatic rings. The van der Waals surface area contributed by atoms with Crippen LogP contribution >= 0.6 is 0 Å². The number of benzene rings is 1. The van der Waals surface area contributed by atoms with Gasteiger partial charge in [0, 0.05) is 30.8 Å². The lowest BCUT2D eigenvalue weighted by Crippen LogP contribution is -2.24. The molecule has 1 unspecified atom stereocenters. The summed E-state index contributed by atoms with van der Waals surface area (Å²) in [5.41, 5.74) is 6.72. The molecule has 0 bridgehead atoms. The zero-order valence-electron chi connectivity index (χ0n) is 9.99. The summed E-state index contributed by atoms with van der Waals surface area (Å²) in [5, 5.41) is 5.23. The van der Waals surface area contributed by atoms with Crippen LogP contribution in [0, 0.1) is 0 Å². The highest BCUT2D eigenvalue weighted by atomic mass is 16.2. The number of rotatable bonds is 4. The van der Waals surface area contributed by atoms with E-state index < -0.39 is 0 Å². The molecule has 1 aromatic rings. The first-order valence-corrected chi connectivity index (χ1v) is 5.40. The van der Waals surface area contributed by atoms with Crippen molar-refractivity contribution in [2.45, 2.75) is 19.4 Å². The summed E-state index contributed by atoms with van der Waals surface area (Å²) in [6, 6.07) is 6.51. The van der Waals surface area contributed by atoms with Crippen molar-refractivity contribution >= 4 is 17.5 Å². The van der Waals surface area contributed by atoms with Crippen LogP contribution in [-0.4, -0.2) is 24.9 Å². The zero-order valence-corrected chi connectivity index (χ0v) is 9.99. The Hall–Kier alpha value is -1.88. The van der Waals surface area contributed by atoms with Crippen LogP contribution in [0.25, 0.3) is 0 Å². The molecule has 1 aromatic carbocycles. The summed E-state index contributed by atoms with van der Waals surface area (Å²) >= 11 is 0. The van der Waals surface area contributed by atoms with Crippen molar-refractivity contribution in [3.05, 3.63) is 29.8 Å². The van der Waals surface area contributed by atoms with Crippen molar-refractivity contribution in [2.24, 2.45) is 5.73 Å². The standard InChI is InChI=1S/C12H17N3O2/c1-8(13)7-11(16)15-10-5-3-9(4-6-10)12(17)14-2/h3-6,8H,7,13H2,1-2H3,(H,14,17)(H,15,16).